The fourth-order valence-corrected chi connectivity index (χ4v) is 2.21. The van der Waals surface area contributed by atoms with Crippen LogP contribution in [0.4, 0.5) is 0 Å². The number of likely N-dealkylation sites (N-methyl/N-ethyl adjacent to an activating group) is 1. The highest BCUT2D eigenvalue weighted by Crippen LogP contribution is 2.14. The number of nitrogens with zero attached hydrogens (tertiary/aromatic N) is 1. The number of hydrogen-bond donors (Lipinski definition) is 1. The van der Waals surface area contributed by atoms with E-state index in [4.69, 9.17) is 0 Å². The van der Waals surface area contributed by atoms with E-state index in [1.165, 1.54) is 32.5 Å². The van der Waals surface area contributed by atoms with Crippen LogP contribution in [0, 0.1) is 0 Å². The lowest BCUT2D eigenvalue weighted by Gasteiger charge is -2.18. The molecule has 1 N–H and O–H groups in total. The van der Waals surface area contributed by atoms with Gasteiger partial charge in [-0.2, -0.15) is 0 Å². The second-order valence-electron chi connectivity index (χ2n) is 4.21. The van der Waals surface area contributed by atoms with E-state index in [2.05, 4.69) is 34.5 Å². The summed E-state index contributed by atoms with van der Waals surface area (Å²) in [4.78, 5) is 2.55. The van der Waals surface area contributed by atoms with Crippen LogP contribution in [0.25, 0.3) is 0 Å². The first-order chi connectivity index (χ1) is 7.40. The van der Waals surface area contributed by atoms with Gasteiger partial charge in [0.1, 0.15) is 0 Å². The fraction of sp³-hybridized carbons (Fsp3) is 0.538. The Bertz CT molecular complexity index is 282. The Morgan fingerprint density at radius 2 is 1.73 bits per heavy atom. The molecule has 1 aliphatic rings. The van der Waals surface area contributed by atoms with Crippen molar-refractivity contribution in [2.75, 3.05) is 33.2 Å². The standard InChI is InChI=1S/C13H20N2/c1-14-8-11-15-9-6-12-4-2-3-5-13(12)7-10-15/h2-5,14H,6-11H2,1H3. The number of nitrogens with one attached hydrogen (secondary N) is 1. The molecule has 2 rings (SSSR count). The maximum Gasteiger partial charge on any atom is 0.0107 e. The quantitative estimate of drug-likeness (QED) is 0.798. The Morgan fingerprint density at radius 1 is 1.13 bits per heavy atom. The minimum atomic E-state index is 1.09. The zero-order valence-corrected chi connectivity index (χ0v) is 9.50. The highest BCUT2D eigenvalue weighted by molar-refractivity contribution is 5.28. The van der Waals surface area contributed by atoms with Crippen LogP contribution in [0.2, 0.25) is 0 Å². The average Bonchev–Trinajstić information content (AvgIpc) is 2.49. The lowest BCUT2D eigenvalue weighted by atomic mass is 10.0. The molecule has 0 amide bonds. The third-order valence-corrected chi connectivity index (χ3v) is 3.19. The van der Waals surface area contributed by atoms with Crippen LogP contribution in [0.1, 0.15) is 11.1 Å². The van der Waals surface area contributed by atoms with Gasteiger partial charge in [-0.05, 0) is 31.0 Å². The molecular formula is C13H20N2. The molecule has 0 unspecified atom stereocenters. The Morgan fingerprint density at radius 3 is 2.27 bits per heavy atom. The minimum absolute atomic E-state index is 1.09. The summed E-state index contributed by atoms with van der Waals surface area (Å²) in [6.07, 6.45) is 2.42. The molecule has 0 spiro atoms. The third kappa shape index (κ3) is 2.80. The summed E-state index contributed by atoms with van der Waals surface area (Å²) < 4.78 is 0. The maximum absolute atomic E-state index is 3.21. The average molecular weight is 204 g/mol. The molecule has 1 aliphatic heterocycles. The normalized spacial score (nSPS) is 17.1. The van der Waals surface area contributed by atoms with Gasteiger partial charge in [0, 0.05) is 26.2 Å². The summed E-state index contributed by atoms with van der Waals surface area (Å²) in [6, 6.07) is 8.86. The van der Waals surface area contributed by atoms with Crippen molar-refractivity contribution in [3.8, 4) is 0 Å². The number of benzene rings is 1. The van der Waals surface area contributed by atoms with Gasteiger partial charge in [0.25, 0.3) is 0 Å². The van der Waals surface area contributed by atoms with Gasteiger partial charge in [-0.15, -0.1) is 0 Å². The van der Waals surface area contributed by atoms with Crippen molar-refractivity contribution in [2.24, 2.45) is 0 Å². The topological polar surface area (TPSA) is 15.3 Å². The molecule has 0 aromatic heterocycles. The SMILES string of the molecule is CNCCN1CCc2ccccc2CC1. The van der Waals surface area contributed by atoms with Gasteiger partial charge in [-0.1, -0.05) is 24.3 Å². The van der Waals surface area contributed by atoms with E-state index in [-0.39, 0.29) is 0 Å². The molecule has 15 heavy (non-hydrogen) atoms. The first kappa shape index (κ1) is 10.7. The summed E-state index contributed by atoms with van der Waals surface area (Å²) in [6.45, 7) is 4.68. The summed E-state index contributed by atoms with van der Waals surface area (Å²) >= 11 is 0. The molecule has 2 nitrogen and oxygen atoms in total. The van der Waals surface area contributed by atoms with E-state index in [0.717, 1.165) is 6.54 Å². The van der Waals surface area contributed by atoms with Gasteiger partial charge in [-0.25, -0.2) is 0 Å². The van der Waals surface area contributed by atoms with Gasteiger partial charge in [0.2, 0.25) is 0 Å². The number of rotatable bonds is 3. The van der Waals surface area contributed by atoms with Crippen LogP contribution in [0.5, 0.6) is 0 Å². The summed E-state index contributed by atoms with van der Waals surface area (Å²) in [5, 5.41) is 3.21. The molecule has 0 radical (unpaired) electrons. The highest BCUT2D eigenvalue weighted by Gasteiger charge is 2.12. The van der Waals surface area contributed by atoms with Crippen molar-refractivity contribution in [3.05, 3.63) is 35.4 Å². The second-order valence-corrected chi connectivity index (χ2v) is 4.21. The van der Waals surface area contributed by atoms with Gasteiger partial charge in [-0.3, -0.25) is 0 Å². The van der Waals surface area contributed by atoms with E-state index < -0.39 is 0 Å². The van der Waals surface area contributed by atoms with Crippen LogP contribution >= 0.6 is 0 Å². The van der Waals surface area contributed by atoms with E-state index in [1.807, 2.05) is 7.05 Å². The summed E-state index contributed by atoms with van der Waals surface area (Å²) in [5.41, 5.74) is 3.09. The van der Waals surface area contributed by atoms with Crippen molar-refractivity contribution in [2.45, 2.75) is 12.8 Å². The largest absolute Gasteiger partial charge is 0.318 e. The zero-order valence-electron chi connectivity index (χ0n) is 9.50. The van der Waals surface area contributed by atoms with E-state index >= 15 is 0 Å². The predicted molar refractivity (Wildman–Crippen MR) is 64.2 cm³/mol. The second kappa shape index (κ2) is 5.29. The highest BCUT2D eigenvalue weighted by atomic mass is 15.1. The number of hydrogen-bond acceptors (Lipinski definition) is 2. The van der Waals surface area contributed by atoms with Crippen molar-refractivity contribution < 1.29 is 0 Å². The molecule has 0 saturated carbocycles. The third-order valence-electron chi connectivity index (χ3n) is 3.19. The fourth-order valence-electron chi connectivity index (χ4n) is 2.21. The van der Waals surface area contributed by atoms with Gasteiger partial charge < -0.3 is 10.2 Å². The van der Waals surface area contributed by atoms with Crippen molar-refractivity contribution in [1.29, 1.82) is 0 Å². The van der Waals surface area contributed by atoms with Gasteiger partial charge >= 0.3 is 0 Å². The van der Waals surface area contributed by atoms with Crippen LogP contribution < -0.4 is 5.32 Å². The molecule has 0 bridgehead atoms. The van der Waals surface area contributed by atoms with Gasteiger partial charge in [0.05, 0.1) is 0 Å². The van der Waals surface area contributed by atoms with Crippen LogP contribution in [0.15, 0.2) is 24.3 Å². The smallest absolute Gasteiger partial charge is 0.0107 e. The lowest BCUT2D eigenvalue weighted by molar-refractivity contribution is 0.289. The molecule has 1 heterocycles. The molecule has 0 saturated heterocycles. The molecule has 0 aliphatic carbocycles. The molecule has 0 fully saturated rings. The Kier molecular flexibility index (Phi) is 3.75. The molecule has 82 valence electrons. The summed E-state index contributed by atoms with van der Waals surface area (Å²) in [7, 11) is 2.02. The minimum Gasteiger partial charge on any atom is -0.318 e. The molecule has 1 aromatic carbocycles. The molecule has 0 atom stereocenters. The van der Waals surface area contributed by atoms with E-state index in [0.29, 0.717) is 0 Å². The van der Waals surface area contributed by atoms with Crippen LogP contribution in [-0.2, 0) is 12.8 Å². The van der Waals surface area contributed by atoms with Crippen molar-refractivity contribution >= 4 is 0 Å². The first-order valence-corrected chi connectivity index (χ1v) is 5.84. The molecular weight excluding hydrogens is 184 g/mol. The van der Waals surface area contributed by atoms with E-state index in [1.54, 1.807) is 11.1 Å². The Hall–Kier alpha value is -0.860. The lowest BCUT2D eigenvalue weighted by Crippen LogP contribution is -2.32. The van der Waals surface area contributed by atoms with E-state index in [9.17, 15) is 0 Å². The Balaban J connectivity index is 1.96. The first-order valence-electron chi connectivity index (χ1n) is 5.84. The number of fused-ring (bicyclic) bond motifs is 1. The van der Waals surface area contributed by atoms with Gasteiger partial charge in [0.15, 0.2) is 0 Å². The van der Waals surface area contributed by atoms with Crippen molar-refractivity contribution in [3.63, 3.8) is 0 Å². The predicted octanol–water partition coefficient (Wildman–Crippen LogP) is 1.31. The van der Waals surface area contributed by atoms with Crippen LogP contribution in [-0.4, -0.2) is 38.1 Å². The van der Waals surface area contributed by atoms with Crippen LogP contribution in [0.3, 0.4) is 0 Å². The summed E-state index contributed by atoms with van der Waals surface area (Å²) in [5.74, 6) is 0. The zero-order chi connectivity index (χ0) is 10.5. The molecule has 1 aromatic rings. The molecule has 2 heteroatoms. The Labute approximate surface area is 92.3 Å². The monoisotopic (exact) mass is 204 g/mol. The van der Waals surface area contributed by atoms with Crippen molar-refractivity contribution in [1.82, 2.24) is 10.2 Å². The maximum atomic E-state index is 3.21.